The molecule has 1 aliphatic heterocycles. The third-order valence-corrected chi connectivity index (χ3v) is 12.1. The number of carbonyl (C=O) groups is 1. The van der Waals surface area contributed by atoms with Crippen LogP contribution in [-0.4, -0.2) is 54.3 Å². The molecule has 0 aromatic heterocycles. The SMILES string of the molecule is C[C@@H]1[C@H](O[Si](c2ccccc2)(c2ccccc2)C(C)(C)C)O[C@H](C=Cc2ccccc2[N+](=O)[O-])CN1C(=O)O. The Morgan fingerprint density at radius 2 is 1.56 bits per heavy atom. The van der Waals surface area contributed by atoms with E-state index < -0.39 is 37.8 Å². The van der Waals surface area contributed by atoms with Crippen LogP contribution in [0.2, 0.25) is 5.04 Å². The average molecular weight is 547 g/mol. The first-order valence-electron chi connectivity index (χ1n) is 12.9. The molecule has 1 amide bonds. The van der Waals surface area contributed by atoms with Crippen LogP contribution in [0.15, 0.2) is 91.0 Å². The van der Waals surface area contributed by atoms with Gasteiger partial charge in [-0.15, -0.1) is 0 Å². The van der Waals surface area contributed by atoms with E-state index in [0.29, 0.717) is 5.56 Å². The van der Waals surface area contributed by atoms with E-state index in [4.69, 9.17) is 9.16 Å². The van der Waals surface area contributed by atoms with E-state index in [1.165, 1.54) is 11.0 Å². The Hall–Kier alpha value is -3.79. The van der Waals surface area contributed by atoms with Gasteiger partial charge in [0.15, 0.2) is 6.29 Å². The van der Waals surface area contributed by atoms with Crippen molar-refractivity contribution in [3.8, 4) is 0 Å². The summed E-state index contributed by atoms with van der Waals surface area (Å²) >= 11 is 0. The first-order valence-corrected chi connectivity index (χ1v) is 14.8. The van der Waals surface area contributed by atoms with Gasteiger partial charge in [-0.25, -0.2) is 4.79 Å². The van der Waals surface area contributed by atoms with Crippen molar-refractivity contribution in [3.63, 3.8) is 0 Å². The zero-order chi connectivity index (χ0) is 28.2. The lowest BCUT2D eigenvalue weighted by Gasteiger charge is -2.49. The predicted molar refractivity (Wildman–Crippen MR) is 154 cm³/mol. The standard InChI is InChI=1S/C30H34N2O6Si/c1-22-28(37-24(21-31(22)29(33)34)20-19-23-13-11-12-18-27(23)32(35)36)38-39(30(2,3)4,25-14-7-5-8-15-25)26-16-9-6-10-17-26/h5-20,22,24,28H,21H2,1-4H3,(H,33,34)/t22-,24-,28+/m1/s1. The average Bonchev–Trinajstić information content (AvgIpc) is 2.92. The minimum Gasteiger partial charge on any atom is -0.465 e. The number of para-hydroxylation sites is 1. The summed E-state index contributed by atoms with van der Waals surface area (Å²) in [4.78, 5) is 24.6. The topological polar surface area (TPSA) is 102 Å². The van der Waals surface area contributed by atoms with Crippen LogP contribution in [0.3, 0.4) is 0 Å². The summed E-state index contributed by atoms with van der Waals surface area (Å²) in [5.74, 6) is 0. The Morgan fingerprint density at radius 1 is 1.03 bits per heavy atom. The summed E-state index contributed by atoms with van der Waals surface area (Å²) in [6.07, 6.45) is 0.665. The van der Waals surface area contributed by atoms with Gasteiger partial charge in [0.1, 0.15) is 0 Å². The van der Waals surface area contributed by atoms with Crippen LogP contribution in [-0.2, 0) is 9.16 Å². The summed E-state index contributed by atoms with van der Waals surface area (Å²) in [6, 6.07) is 26.0. The summed E-state index contributed by atoms with van der Waals surface area (Å²) in [5.41, 5.74) is 0.379. The lowest BCUT2D eigenvalue weighted by atomic mass is 10.1. The number of rotatable bonds is 7. The maximum Gasteiger partial charge on any atom is 0.407 e. The van der Waals surface area contributed by atoms with Gasteiger partial charge in [-0.2, -0.15) is 0 Å². The number of hydrogen-bond acceptors (Lipinski definition) is 5. The van der Waals surface area contributed by atoms with Crippen LogP contribution >= 0.6 is 0 Å². The van der Waals surface area contributed by atoms with E-state index in [-0.39, 0.29) is 17.3 Å². The van der Waals surface area contributed by atoms with Crippen molar-refractivity contribution in [1.82, 2.24) is 4.90 Å². The highest BCUT2D eigenvalue weighted by Gasteiger charge is 2.53. The molecule has 3 aromatic rings. The van der Waals surface area contributed by atoms with Gasteiger partial charge in [0.25, 0.3) is 14.0 Å². The van der Waals surface area contributed by atoms with Gasteiger partial charge in [0.2, 0.25) is 0 Å². The summed E-state index contributed by atoms with van der Waals surface area (Å²) < 4.78 is 13.6. The highest BCUT2D eigenvalue weighted by molar-refractivity contribution is 6.99. The number of ether oxygens (including phenoxy) is 1. The number of nitro groups is 1. The van der Waals surface area contributed by atoms with Crippen LogP contribution in [0.5, 0.6) is 0 Å². The monoisotopic (exact) mass is 546 g/mol. The third kappa shape index (κ3) is 5.80. The summed E-state index contributed by atoms with van der Waals surface area (Å²) in [7, 11) is -3.04. The Morgan fingerprint density at radius 3 is 2.08 bits per heavy atom. The van der Waals surface area contributed by atoms with Gasteiger partial charge in [0.05, 0.1) is 29.2 Å². The molecule has 1 saturated heterocycles. The Labute approximate surface area is 229 Å². The molecule has 0 unspecified atom stereocenters. The molecule has 1 aliphatic rings. The quantitative estimate of drug-likeness (QED) is 0.246. The predicted octanol–water partition coefficient (Wildman–Crippen LogP) is 5.28. The molecule has 0 spiro atoms. The molecule has 3 atom stereocenters. The first kappa shape index (κ1) is 28.2. The largest absolute Gasteiger partial charge is 0.465 e. The number of benzene rings is 3. The van der Waals surface area contributed by atoms with Crippen molar-refractivity contribution in [2.24, 2.45) is 0 Å². The summed E-state index contributed by atoms with van der Waals surface area (Å²) in [6.45, 7) is 8.31. The molecular weight excluding hydrogens is 512 g/mol. The van der Waals surface area contributed by atoms with Crippen molar-refractivity contribution < 1.29 is 24.0 Å². The van der Waals surface area contributed by atoms with E-state index in [2.05, 4.69) is 45.0 Å². The number of amides is 1. The molecular formula is C30H34N2O6Si. The van der Waals surface area contributed by atoms with E-state index in [1.807, 2.05) is 36.4 Å². The molecule has 1 heterocycles. The normalized spacial score (nSPS) is 20.2. The molecule has 9 heteroatoms. The van der Waals surface area contributed by atoms with Crippen LogP contribution in [0.4, 0.5) is 10.5 Å². The number of carboxylic acid groups (broad SMARTS) is 1. The van der Waals surface area contributed by atoms with Gasteiger partial charge < -0.3 is 14.3 Å². The van der Waals surface area contributed by atoms with E-state index >= 15 is 0 Å². The van der Waals surface area contributed by atoms with Gasteiger partial charge >= 0.3 is 6.09 Å². The van der Waals surface area contributed by atoms with Crippen LogP contribution in [0.1, 0.15) is 33.3 Å². The van der Waals surface area contributed by atoms with Crippen molar-refractivity contribution in [2.45, 2.75) is 51.2 Å². The second-order valence-electron chi connectivity index (χ2n) is 10.7. The Bertz CT molecular complexity index is 1290. The van der Waals surface area contributed by atoms with Crippen LogP contribution in [0.25, 0.3) is 6.08 Å². The molecule has 39 heavy (non-hydrogen) atoms. The minimum absolute atomic E-state index is 0.0341. The summed E-state index contributed by atoms with van der Waals surface area (Å²) in [5, 5.41) is 23.3. The number of nitrogens with zero attached hydrogens (tertiary/aromatic N) is 2. The minimum atomic E-state index is -3.04. The Kier molecular flexibility index (Phi) is 8.34. The van der Waals surface area contributed by atoms with Gasteiger partial charge in [0, 0.05) is 6.07 Å². The number of nitro benzene ring substituents is 1. The highest BCUT2D eigenvalue weighted by atomic mass is 28.4. The molecule has 0 saturated carbocycles. The highest BCUT2D eigenvalue weighted by Crippen LogP contribution is 2.39. The fraction of sp³-hybridized carbons (Fsp3) is 0.300. The molecule has 1 fully saturated rings. The fourth-order valence-corrected chi connectivity index (χ4v) is 9.81. The second-order valence-corrected chi connectivity index (χ2v) is 14.9. The molecule has 4 rings (SSSR count). The third-order valence-electron chi connectivity index (χ3n) is 7.15. The smallest absolute Gasteiger partial charge is 0.407 e. The van der Waals surface area contributed by atoms with E-state index in [1.54, 1.807) is 37.3 Å². The van der Waals surface area contributed by atoms with E-state index in [0.717, 1.165) is 10.4 Å². The van der Waals surface area contributed by atoms with Gasteiger partial charge in [-0.3, -0.25) is 15.0 Å². The molecule has 204 valence electrons. The fourth-order valence-electron chi connectivity index (χ4n) is 5.19. The molecule has 0 radical (unpaired) electrons. The number of morpholine rings is 1. The van der Waals surface area contributed by atoms with Crippen molar-refractivity contribution in [2.75, 3.05) is 6.54 Å². The molecule has 0 bridgehead atoms. The lowest BCUT2D eigenvalue weighted by Crippen LogP contribution is -2.70. The maximum absolute atomic E-state index is 12.3. The zero-order valence-electron chi connectivity index (χ0n) is 22.6. The van der Waals surface area contributed by atoms with Gasteiger partial charge in [-0.05, 0) is 34.5 Å². The van der Waals surface area contributed by atoms with Crippen molar-refractivity contribution >= 4 is 36.5 Å². The molecule has 3 aromatic carbocycles. The van der Waals surface area contributed by atoms with Crippen LogP contribution < -0.4 is 10.4 Å². The molecule has 8 nitrogen and oxygen atoms in total. The molecule has 0 aliphatic carbocycles. The molecule has 1 N–H and O–H groups in total. The van der Waals surface area contributed by atoms with E-state index in [9.17, 15) is 20.0 Å². The zero-order valence-corrected chi connectivity index (χ0v) is 23.6. The second kappa shape index (κ2) is 11.5. The lowest BCUT2D eigenvalue weighted by molar-refractivity contribution is -0.385. The maximum atomic E-state index is 12.3. The van der Waals surface area contributed by atoms with Gasteiger partial charge in [-0.1, -0.05) is 99.6 Å². The first-order chi connectivity index (χ1) is 18.5. The van der Waals surface area contributed by atoms with Crippen LogP contribution in [0, 0.1) is 10.1 Å². The number of hydrogen-bond donors (Lipinski definition) is 1. The Balaban J connectivity index is 1.77. The van der Waals surface area contributed by atoms with Crippen molar-refractivity contribution in [1.29, 1.82) is 0 Å². The van der Waals surface area contributed by atoms with Crippen molar-refractivity contribution in [3.05, 3.63) is 107 Å².